The molecular formula is C26H21ClFN3O5S. The van der Waals surface area contributed by atoms with Gasteiger partial charge >= 0.3 is 5.97 Å². The second-order valence-electron chi connectivity index (χ2n) is 8.82. The molecule has 2 heterocycles. The Morgan fingerprint density at radius 2 is 1.84 bits per heavy atom. The van der Waals surface area contributed by atoms with E-state index in [0.29, 0.717) is 32.9 Å². The van der Waals surface area contributed by atoms with E-state index in [1.54, 1.807) is 47.1 Å². The van der Waals surface area contributed by atoms with Gasteiger partial charge in [-0.1, -0.05) is 29.8 Å². The molecule has 1 aliphatic rings. The van der Waals surface area contributed by atoms with Crippen LogP contribution >= 0.6 is 11.6 Å². The zero-order valence-electron chi connectivity index (χ0n) is 19.6. The van der Waals surface area contributed by atoms with E-state index < -0.39 is 38.8 Å². The van der Waals surface area contributed by atoms with Gasteiger partial charge in [0.05, 0.1) is 34.8 Å². The van der Waals surface area contributed by atoms with Crippen LogP contribution in [0.2, 0.25) is 5.02 Å². The zero-order chi connectivity index (χ0) is 26.4. The third-order valence-electron chi connectivity index (χ3n) is 6.38. The number of hydrogen-bond donors (Lipinski definition) is 1. The predicted molar refractivity (Wildman–Crippen MR) is 137 cm³/mol. The average molecular weight is 542 g/mol. The number of fused-ring (bicyclic) bond motifs is 1. The summed E-state index contributed by atoms with van der Waals surface area (Å²) >= 11 is 6.44. The maximum absolute atomic E-state index is 13.6. The lowest BCUT2D eigenvalue weighted by molar-refractivity contribution is -0.147. The lowest BCUT2D eigenvalue weighted by atomic mass is 9.98. The highest BCUT2D eigenvalue weighted by molar-refractivity contribution is 7.91. The van der Waals surface area contributed by atoms with Crippen molar-refractivity contribution in [3.05, 3.63) is 83.1 Å². The van der Waals surface area contributed by atoms with Crippen LogP contribution in [0, 0.1) is 5.82 Å². The Morgan fingerprint density at radius 1 is 1.11 bits per heavy atom. The summed E-state index contributed by atoms with van der Waals surface area (Å²) in [6.07, 6.45) is -0.0832. The molecule has 8 nitrogen and oxygen atoms in total. The molecule has 1 atom stereocenters. The summed E-state index contributed by atoms with van der Waals surface area (Å²) in [6.45, 7) is 0. The fourth-order valence-electron chi connectivity index (χ4n) is 4.53. The molecule has 0 spiro atoms. The minimum atomic E-state index is -3.52. The lowest BCUT2D eigenvalue weighted by Gasteiger charge is -2.26. The van der Waals surface area contributed by atoms with Gasteiger partial charge in [-0.3, -0.25) is 4.79 Å². The second kappa shape index (κ2) is 9.28. The highest BCUT2D eigenvalue weighted by Crippen LogP contribution is 2.35. The van der Waals surface area contributed by atoms with Gasteiger partial charge in [0.1, 0.15) is 11.5 Å². The number of carbonyl (C=O) groups excluding carboxylic acids is 2. The Balaban J connectivity index is 1.62. The van der Waals surface area contributed by atoms with Gasteiger partial charge in [0.2, 0.25) is 0 Å². The van der Waals surface area contributed by atoms with Crippen molar-refractivity contribution in [2.75, 3.05) is 18.6 Å². The van der Waals surface area contributed by atoms with Gasteiger partial charge in [0.15, 0.2) is 15.4 Å². The lowest BCUT2D eigenvalue weighted by Crippen LogP contribution is -2.56. The molecule has 0 saturated carbocycles. The largest absolute Gasteiger partial charge is 0.467 e. The first-order valence-corrected chi connectivity index (χ1v) is 13.5. The zero-order valence-corrected chi connectivity index (χ0v) is 21.1. The summed E-state index contributed by atoms with van der Waals surface area (Å²) in [5.41, 5.74) is 0.821. The van der Waals surface area contributed by atoms with E-state index in [2.05, 4.69) is 5.32 Å². The Labute approximate surface area is 216 Å². The molecule has 1 aliphatic heterocycles. The molecule has 0 bridgehead atoms. The number of nitrogens with zero attached hydrogens (tertiary/aromatic N) is 2. The normalized spacial score (nSPS) is 18.6. The SMILES string of the molecule is COC(=O)C1(NC(=O)c2ccc3c(-c4ccccc4Cl)nn(-c4ccc(F)cc4)c3c2)CCS(=O)(=O)C1. The van der Waals surface area contributed by atoms with E-state index >= 15 is 0 Å². The second-order valence-corrected chi connectivity index (χ2v) is 11.4. The Bertz CT molecular complexity index is 1650. The van der Waals surface area contributed by atoms with Crippen LogP contribution in [-0.4, -0.2) is 54.2 Å². The van der Waals surface area contributed by atoms with E-state index in [1.807, 2.05) is 12.1 Å². The van der Waals surface area contributed by atoms with Crippen molar-refractivity contribution < 1.29 is 27.1 Å². The molecule has 4 aromatic rings. The molecular weight excluding hydrogens is 521 g/mol. The quantitative estimate of drug-likeness (QED) is 0.383. The number of hydrogen-bond acceptors (Lipinski definition) is 6. The highest BCUT2D eigenvalue weighted by atomic mass is 35.5. The highest BCUT2D eigenvalue weighted by Gasteiger charge is 2.50. The minimum Gasteiger partial charge on any atom is -0.467 e. The number of aromatic nitrogens is 2. The molecule has 1 amide bonds. The Morgan fingerprint density at radius 3 is 2.49 bits per heavy atom. The number of amides is 1. The maximum atomic E-state index is 13.6. The number of benzene rings is 3. The van der Waals surface area contributed by atoms with Crippen LogP contribution in [0.1, 0.15) is 16.8 Å². The summed E-state index contributed by atoms with van der Waals surface area (Å²) in [4.78, 5) is 25.8. The molecule has 1 aromatic heterocycles. The van der Waals surface area contributed by atoms with Crippen molar-refractivity contribution in [2.45, 2.75) is 12.0 Å². The fourth-order valence-corrected chi connectivity index (χ4v) is 6.65. The molecule has 0 aliphatic carbocycles. The monoisotopic (exact) mass is 541 g/mol. The fraction of sp³-hybridized carbons (Fsp3) is 0.192. The van der Waals surface area contributed by atoms with E-state index in [-0.39, 0.29) is 17.7 Å². The van der Waals surface area contributed by atoms with Crippen molar-refractivity contribution in [3.8, 4) is 16.9 Å². The number of esters is 1. The average Bonchev–Trinajstić information content (AvgIpc) is 3.41. The van der Waals surface area contributed by atoms with E-state index in [4.69, 9.17) is 21.4 Å². The number of rotatable bonds is 5. The first kappa shape index (κ1) is 24.9. The molecule has 0 radical (unpaired) electrons. The van der Waals surface area contributed by atoms with Crippen molar-refractivity contribution >= 4 is 44.2 Å². The van der Waals surface area contributed by atoms with Crippen LogP contribution in [0.15, 0.2) is 66.7 Å². The number of ether oxygens (including phenoxy) is 1. The molecule has 3 aromatic carbocycles. The molecule has 1 N–H and O–H groups in total. The summed E-state index contributed by atoms with van der Waals surface area (Å²) in [6, 6.07) is 17.7. The van der Waals surface area contributed by atoms with Gasteiger partial charge in [0.25, 0.3) is 5.91 Å². The van der Waals surface area contributed by atoms with Crippen LogP contribution in [0.25, 0.3) is 27.8 Å². The van der Waals surface area contributed by atoms with Crippen LogP contribution in [0.5, 0.6) is 0 Å². The molecule has 1 fully saturated rings. The smallest absolute Gasteiger partial charge is 0.332 e. The number of methoxy groups -OCH3 is 1. The number of nitrogens with one attached hydrogen (secondary N) is 1. The number of halogens is 2. The van der Waals surface area contributed by atoms with Crippen molar-refractivity contribution in [2.24, 2.45) is 0 Å². The topological polar surface area (TPSA) is 107 Å². The minimum absolute atomic E-state index is 0.0832. The Kier molecular flexibility index (Phi) is 6.25. The van der Waals surface area contributed by atoms with Crippen LogP contribution in [0.3, 0.4) is 0 Å². The molecule has 5 rings (SSSR count). The maximum Gasteiger partial charge on any atom is 0.332 e. The van der Waals surface area contributed by atoms with Gasteiger partial charge < -0.3 is 10.1 Å². The third-order valence-corrected chi connectivity index (χ3v) is 8.47. The summed E-state index contributed by atoms with van der Waals surface area (Å²) in [7, 11) is -2.38. The van der Waals surface area contributed by atoms with Crippen LogP contribution in [-0.2, 0) is 19.4 Å². The first-order chi connectivity index (χ1) is 17.6. The first-order valence-electron chi connectivity index (χ1n) is 11.3. The molecule has 190 valence electrons. The molecule has 37 heavy (non-hydrogen) atoms. The van der Waals surface area contributed by atoms with Gasteiger partial charge in [-0.2, -0.15) is 5.10 Å². The summed E-state index contributed by atoms with van der Waals surface area (Å²) < 4.78 is 44.3. The van der Waals surface area contributed by atoms with Crippen LogP contribution in [0.4, 0.5) is 4.39 Å². The van der Waals surface area contributed by atoms with Crippen molar-refractivity contribution in [1.29, 1.82) is 0 Å². The Hall–Kier alpha value is -3.76. The van der Waals surface area contributed by atoms with Gasteiger partial charge in [0, 0.05) is 16.5 Å². The van der Waals surface area contributed by atoms with E-state index in [1.165, 1.54) is 12.1 Å². The van der Waals surface area contributed by atoms with E-state index in [0.717, 1.165) is 7.11 Å². The van der Waals surface area contributed by atoms with Crippen LogP contribution < -0.4 is 5.32 Å². The van der Waals surface area contributed by atoms with Crippen molar-refractivity contribution in [3.63, 3.8) is 0 Å². The molecule has 1 saturated heterocycles. The number of carbonyl (C=O) groups is 2. The predicted octanol–water partition coefficient (Wildman–Crippen LogP) is 3.95. The van der Waals surface area contributed by atoms with Gasteiger partial charge in [-0.25, -0.2) is 22.3 Å². The van der Waals surface area contributed by atoms with Crippen molar-refractivity contribution in [1.82, 2.24) is 15.1 Å². The van der Waals surface area contributed by atoms with Gasteiger partial charge in [-0.05, 0) is 55.0 Å². The summed E-state index contributed by atoms with van der Waals surface area (Å²) in [5.74, 6) is -2.65. The molecule has 1 unspecified atom stereocenters. The van der Waals surface area contributed by atoms with Gasteiger partial charge in [-0.15, -0.1) is 0 Å². The summed E-state index contributed by atoms with van der Waals surface area (Å²) in [5, 5.41) is 8.49. The van der Waals surface area contributed by atoms with E-state index in [9.17, 15) is 22.4 Å². The standard InChI is InChI=1S/C26H21ClFN3O5S/c1-36-25(33)26(12-13-37(34,35)15-26)29-24(32)16-6-11-20-22(14-16)31(18-9-7-17(28)8-10-18)30-23(20)19-4-2-3-5-21(19)27/h2-11,14H,12-13,15H2,1H3,(H,29,32). The number of sulfone groups is 1. The molecule has 11 heteroatoms. The third kappa shape index (κ3) is 4.58.